The summed E-state index contributed by atoms with van der Waals surface area (Å²) in [7, 11) is 0. The number of rotatable bonds is 8. The van der Waals surface area contributed by atoms with Crippen molar-refractivity contribution in [1.29, 1.82) is 0 Å². The molecule has 0 saturated carbocycles. The molecule has 1 N–H and O–H groups in total. The average Bonchev–Trinajstić information content (AvgIpc) is 2.82. The van der Waals surface area contributed by atoms with Gasteiger partial charge >= 0.3 is 0 Å². The van der Waals surface area contributed by atoms with Crippen LogP contribution in [0.2, 0.25) is 0 Å². The van der Waals surface area contributed by atoms with Gasteiger partial charge in [-0.05, 0) is 31.9 Å². The molecule has 1 heterocycles. The SMILES string of the molecule is CCCCC(CC)CNC(C)c1ccoc1. The molecule has 0 radical (unpaired) electrons. The average molecular weight is 223 g/mol. The highest BCUT2D eigenvalue weighted by Gasteiger charge is 2.10. The second-order valence-electron chi connectivity index (χ2n) is 4.60. The van der Waals surface area contributed by atoms with Gasteiger partial charge in [0.15, 0.2) is 0 Å². The van der Waals surface area contributed by atoms with Crippen molar-refractivity contribution >= 4 is 0 Å². The number of furan rings is 1. The zero-order valence-corrected chi connectivity index (χ0v) is 10.8. The Morgan fingerprint density at radius 3 is 2.75 bits per heavy atom. The first-order chi connectivity index (χ1) is 7.77. The van der Waals surface area contributed by atoms with Crippen molar-refractivity contribution in [1.82, 2.24) is 5.32 Å². The van der Waals surface area contributed by atoms with Crippen LogP contribution < -0.4 is 5.32 Å². The summed E-state index contributed by atoms with van der Waals surface area (Å²) in [5.74, 6) is 0.814. The van der Waals surface area contributed by atoms with Crippen LogP contribution in [0.1, 0.15) is 58.1 Å². The maximum absolute atomic E-state index is 5.09. The third-order valence-electron chi connectivity index (χ3n) is 3.30. The van der Waals surface area contributed by atoms with Crippen molar-refractivity contribution in [3.05, 3.63) is 24.2 Å². The maximum Gasteiger partial charge on any atom is 0.0950 e. The normalized spacial score (nSPS) is 14.9. The van der Waals surface area contributed by atoms with E-state index in [1.807, 2.05) is 12.3 Å². The molecule has 2 heteroatoms. The summed E-state index contributed by atoms with van der Waals surface area (Å²) >= 11 is 0. The van der Waals surface area contributed by atoms with Crippen LogP contribution >= 0.6 is 0 Å². The largest absolute Gasteiger partial charge is 0.472 e. The first kappa shape index (κ1) is 13.3. The maximum atomic E-state index is 5.09. The lowest BCUT2D eigenvalue weighted by Crippen LogP contribution is -2.25. The van der Waals surface area contributed by atoms with Crippen LogP contribution in [0.5, 0.6) is 0 Å². The highest BCUT2D eigenvalue weighted by molar-refractivity contribution is 5.10. The minimum Gasteiger partial charge on any atom is -0.472 e. The van der Waals surface area contributed by atoms with E-state index in [1.54, 1.807) is 6.26 Å². The fraction of sp³-hybridized carbons (Fsp3) is 0.714. The Morgan fingerprint density at radius 1 is 1.38 bits per heavy atom. The Morgan fingerprint density at radius 2 is 2.19 bits per heavy atom. The highest BCUT2D eigenvalue weighted by Crippen LogP contribution is 2.15. The summed E-state index contributed by atoms with van der Waals surface area (Å²) in [6.07, 6.45) is 8.82. The standard InChI is InChI=1S/C14H25NO/c1-4-6-7-13(5-2)10-15-12(3)14-8-9-16-11-14/h8-9,11-13,15H,4-7,10H2,1-3H3. The Labute approximate surface area is 99.4 Å². The highest BCUT2D eigenvalue weighted by atomic mass is 16.3. The summed E-state index contributed by atoms with van der Waals surface area (Å²) in [5.41, 5.74) is 1.24. The number of hydrogen-bond acceptors (Lipinski definition) is 2. The first-order valence-corrected chi connectivity index (χ1v) is 6.53. The molecule has 2 nitrogen and oxygen atoms in total. The molecule has 0 aliphatic heterocycles. The zero-order chi connectivity index (χ0) is 11.8. The van der Waals surface area contributed by atoms with E-state index in [4.69, 9.17) is 4.42 Å². The Bertz CT molecular complexity index is 256. The molecule has 0 bridgehead atoms. The van der Waals surface area contributed by atoms with Crippen molar-refractivity contribution in [2.24, 2.45) is 5.92 Å². The molecule has 16 heavy (non-hydrogen) atoms. The summed E-state index contributed by atoms with van der Waals surface area (Å²) in [6, 6.07) is 2.43. The second-order valence-corrected chi connectivity index (χ2v) is 4.60. The van der Waals surface area contributed by atoms with Crippen molar-refractivity contribution < 1.29 is 4.42 Å². The van der Waals surface area contributed by atoms with Crippen LogP contribution in [0.4, 0.5) is 0 Å². The molecule has 0 aromatic carbocycles. The van der Waals surface area contributed by atoms with Crippen molar-refractivity contribution in [3.8, 4) is 0 Å². The molecule has 1 aromatic heterocycles. The molecule has 0 saturated heterocycles. The third-order valence-corrected chi connectivity index (χ3v) is 3.30. The molecule has 2 unspecified atom stereocenters. The van der Waals surface area contributed by atoms with Crippen LogP contribution in [-0.4, -0.2) is 6.54 Å². The van der Waals surface area contributed by atoms with Crippen molar-refractivity contribution in [3.63, 3.8) is 0 Å². The Kier molecular flexibility index (Phi) is 6.24. The van der Waals surface area contributed by atoms with Gasteiger partial charge in [0.1, 0.15) is 0 Å². The van der Waals surface area contributed by atoms with E-state index in [9.17, 15) is 0 Å². The van der Waals surface area contributed by atoms with Crippen molar-refractivity contribution in [2.45, 2.75) is 52.5 Å². The molecule has 92 valence electrons. The van der Waals surface area contributed by atoms with Gasteiger partial charge in [0.05, 0.1) is 12.5 Å². The minimum absolute atomic E-state index is 0.398. The lowest BCUT2D eigenvalue weighted by molar-refractivity contribution is 0.397. The fourth-order valence-electron chi connectivity index (χ4n) is 1.93. The summed E-state index contributed by atoms with van der Waals surface area (Å²) < 4.78 is 5.09. The predicted octanol–water partition coefficient (Wildman–Crippen LogP) is 4.15. The van der Waals surface area contributed by atoms with Crippen LogP contribution in [0.15, 0.2) is 23.0 Å². The Balaban J connectivity index is 2.26. The molecule has 0 fully saturated rings. The summed E-state index contributed by atoms with van der Waals surface area (Å²) in [4.78, 5) is 0. The number of unbranched alkanes of at least 4 members (excludes halogenated alkanes) is 1. The summed E-state index contributed by atoms with van der Waals surface area (Å²) in [6.45, 7) is 7.85. The quantitative estimate of drug-likeness (QED) is 0.716. The lowest BCUT2D eigenvalue weighted by atomic mass is 9.99. The van der Waals surface area contributed by atoms with Crippen LogP contribution in [0, 0.1) is 5.92 Å². The van der Waals surface area contributed by atoms with Gasteiger partial charge < -0.3 is 9.73 Å². The van der Waals surface area contributed by atoms with Gasteiger partial charge in [-0.15, -0.1) is 0 Å². The third kappa shape index (κ3) is 4.40. The topological polar surface area (TPSA) is 25.2 Å². The summed E-state index contributed by atoms with van der Waals surface area (Å²) in [5, 5.41) is 3.58. The van der Waals surface area contributed by atoms with Gasteiger partial charge in [0.2, 0.25) is 0 Å². The molecule has 0 aliphatic carbocycles. The second kappa shape index (κ2) is 7.50. The minimum atomic E-state index is 0.398. The molecular formula is C14H25NO. The van der Waals surface area contributed by atoms with Crippen LogP contribution in [0.3, 0.4) is 0 Å². The lowest BCUT2D eigenvalue weighted by Gasteiger charge is -2.18. The van der Waals surface area contributed by atoms with E-state index in [1.165, 1.54) is 31.2 Å². The molecule has 2 atom stereocenters. The van der Waals surface area contributed by atoms with Gasteiger partial charge in [-0.2, -0.15) is 0 Å². The van der Waals surface area contributed by atoms with Gasteiger partial charge in [-0.3, -0.25) is 0 Å². The molecule has 1 rings (SSSR count). The predicted molar refractivity (Wildman–Crippen MR) is 68.4 cm³/mol. The molecule has 1 aromatic rings. The molecule has 0 amide bonds. The van der Waals surface area contributed by atoms with E-state index in [-0.39, 0.29) is 0 Å². The number of hydrogen-bond donors (Lipinski definition) is 1. The zero-order valence-electron chi connectivity index (χ0n) is 10.8. The van der Waals surface area contributed by atoms with E-state index in [2.05, 4.69) is 26.1 Å². The molecule has 0 aliphatic rings. The van der Waals surface area contributed by atoms with Gasteiger partial charge in [-0.1, -0.05) is 33.1 Å². The van der Waals surface area contributed by atoms with Gasteiger partial charge in [-0.25, -0.2) is 0 Å². The van der Waals surface area contributed by atoms with Gasteiger partial charge in [0.25, 0.3) is 0 Å². The van der Waals surface area contributed by atoms with Crippen molar-refractivity contribution in [2.75, 3.05) is 6.54 Å². The van der Waals surface area contributed by atoms with Crippen LogP contribution in [-0.2, 0) is 0 Å². The monoisotopic (exact) mass is 223 g/mol. The van der Waals surface area contributed by atoms with E-state index < -0.39 is 0 Å². The van der Waals surface area contributed by atoms with E-state index in [0.29, 0.717) is 6.04 Å². The van der Waals surface area contributed by atoms with E-state index >= 15 is 0 Å². The fourth-order valence-corrected chi connectivity index (χ4v) is 1.93. The molecular weight excluding hydrogens is 198 g/mol. The van der Waals surface area contributed by atoms with Gasteiger partial charge in [0, 0.05) is 11.6 Å². The first-order valence-electron chi connectivity index (χ1n) is 6.53. The molecule has 0 spiro atoms. The Hall–Kier alpha value is -0.760. The number of nitrogens with one attached hydrogen (secondary N) is 1. The van der Waals surface area contributed by atoms with Crippen LogP contribution in [0.25, 0.3) is 0 Å². The smallest absolute Gasteiger partial charge is 0.0950 e. The van der Waals surface area contributed by atoms with E-state index in [0.717, 1.165) is 12.5 Å².